The number of rotatable bonds is 5. The first kappa shape index (κ1) is 17.3. The Kier molecular flexibility index (Phi) is 5.50. The summed E-state index contributed by atoms with van der Waals surface area (Å²) < 4.78 is 32.4. The van der Waals surface area contributed by atoms with Gasteiger partial charge in [0.25, 0.3) is 10.0 Å². The van der Waals surface area contributed by atoms with Gasteiger partial charge in [0.2, 0.25) is 0 Å². The molecule has 0 bridgehead atoms. The Morgan fingerprint density at radius 3 is 2.50 bits per heavy atom. The third kappa shape index (κ3) is 3.63. The molecule has 2 aromatic carbocycles. The first-order valence-electron chi connectivity index (χ1n) is 6.08. The van der Waals surface area contributed by atoms with Crippen molar-refractivity contribution in [3.63, 3.8) is 0 Å². The first-order valence-corrected chi connectivity index (χ1v) is 9.54. The Labute approximate surface area is 143 Å². The maximum absolute atomic E-state index is 12.5. The Morgan fingerprint density at radius 2 is 1.86 bits per heavy atom. The van der Waals surface area contributed by atoms with Crippen molar-refractivity contribution in [2.24, 2.45) is 0 Å². The lowest BCUT2D eigenvalue weighted by molar-refractivity contribution is 0.414. The molecule has 0 radical (unpaired) electrons. The molecule has 0 amide bonds. The molecule has 22 heavy (non-hydrogen) atoms. The zero-order valence-electron chi connectivity index (χ0n) is 11.8. The summed E-state index contributed by atoms with van der Waals surface area (Å²) in [7, 11) is -2.42. The smallest absolute Gasteiger partial charge is 0.263 e. The SMILES string of the molecule is COc1ccc(S(=O)(=O)Nc2cccc(SC)c2)c(Cl)c1Cl. The van der Waals surface area contributed by atoms with E-state index in [-0.39, 0.29) is 14.9 Å². The molecule has 2 rings (SSSR count). The van der Waals surface area contributed by atoms with Crippen molar-refractivity contribution < 1.29 is 13.2 Å². The van der Waals surface area contributed by atoms with Crippen molar-refractivity contribution in [2.75, 3.05) is 18.1 Å². The maximum atomic E-state index is 12.5. The molecule has 8 heteroatoms. The average Bonchev–Trinajstić information content (AvgIpc) is 2.49. The van der Waals surface area contributed by atoms with Crippen molar-refractivity contribution in [2.45, 2.75) is 9.79 Å². The van der Waals surface area contributed by atoms with Crippen LogP contribution in [0.4, 0.5) is 5.69 Å². The molecule has 4 nitrogen and oxygen atoms in total. The number of hydrogen-bond acceptors (Lipinski definition) is 4. The second kappa shape index (κ2) is 7.00. The van der Waals surface area contributed by atoms with Gasteiger partial charge in [0.05, 0.1) is 12.1 Å². The maximum Gasteiger partial charge on any atom is 0.263 e. The summed E-state index contributed by atoms with van der Waals surface area (Å²) in [6.07, 6.45) is 1.91. The van der Waals surface area contributed by atoms with Crippen LogP contribution in [0.25, 0.3) is 0 Å². The number of nitrogens with one attached hydrogen (secondary N) is 1. The lowest BCUT2D eigenvalue weighted by Crippen LogP contribution is -2.13. The van der Waals surface area contributed by atoms with E-state index in [4.69, 9.17) is 27.9 Å². The highest BCUT2D eigenvalue weighted by Gasteiger charge is 2.22. The van der Waals surface area contributed by atoms with Gasteiger partial charge in [0.1, 0.15) is 15.7 Å². The zero-order chi connectivity index (χ0) is 16.3. The van der Waals surface area contributed by atoms with E-state index in [2.05, 4.69) is 4.72 Å². The summed E-state index contributed by atoms with van der Waals surface area (Å²) in [4.78, 5) is 0.841. The Morgan fingerprint density at radius 1 is 1.14 bits per heavy atom. The highest BCUT2D eigenvalue weighted by Crippen LogP contribution is 2.37. The van der Waals surface area contributed by atoms with Crippen LogP contribution in [0.3, 0.4) is 0 Å². The average molecular weight is 378 g/mol. The number of halogens is 2. The predicted molar refractivity (Wildman–Crippen MR) is 92.0 cm³/mol. The van der Waals surface area contributed by atoms with Gasteiger partial charge >= 0.3 is 0 Å². The molecular weight excluding hydrogens is 365 g/mol. The van der Waals surface area contributed by atoms with Crippen molar-refractivity contribution in [3.05, 3.63) is 46.4 Å². The zero-order valence-corrected chi connectivity index (χ0v) is 14.9. The van der Waals surface area contributed by atoms with Crippen LogP contribution in [0.15, 0.2) is 46.2 Å². The molecule has 0 aliphatic carbocycles. The lowest BCUT2D eigenvalue weighted by atomic mass is 10.3. The van der Waals surface area contributed by atoms with Gasteiger partial charge < -0.3 is 4.74 Å². The molecule has 0 saturated heterocycles. The third-order valence-electron chi connectivity index (χ3n) is 2.84. The number of benzene rings is 2. The van der Waals surface area contributed by atoms with E-state index in [0.29, 0.717) is 11.4 Å². The van der Waals surface area contributed by atoms with Gasteiger partial charge in [-0.3, -0.25) is 4.72 Å². The fourth-order valence-electron chi connectivity index (χ4n) is 1.78. The normalized spacial score (nSPS) is 11.3. The molecule has 0 saturated carbocycles. The predicted octanol–water partition coefficient (Wildman–Crippen LogP) is 4.52. The van der Waals surface area contributed by atoms with Crippen LogP contribution in [-0.4, -0.2) is 21.8 Å². The standard InChI is InChI=1S/C14H13Cl2NO3S2/c1-20-11-6-7-12(14(16)13(11)15)22(18,19)17-9-4-3-5-10(8-9)21-2/h3-8,17H,1-2H3. The quantitative estimate of drug-likeness (QED) is 0.777. The third-order valence-corrected chi connectivity index (χ3v) is 5.97. The molecule has 0 atom stereocenters. The molecule has 2 aromatic rings. The van der Waals surface area contributed by atoms with Gasteiger partial charge in [-0.2, -0.15) is 0 Å². The summed E-state index contributed by atoms with van der Waals surface area (Å²) in [5, 5.41) is -0.0144. The highest BCUT2D eigenvalue weighted by atomic mass is 35.5. The fraction of sp³-hybridized carbons (Fsp3) is 0.143. The molecule has 1 N–H and O–H groups in total. The van der Waals surface area contributed by atoms with Crippen LogP contribution in [0, 0.1) is 0 Å². The summed E-state index contributed by atoms with van der Waals surface area (Å²) in [5.41, 5.74) is 0.454. The summed E-state index contributed by atoms with van der Waals surface area (Å²) in [6, 6.07) is 9.87. The molecule has 0 heterocycles. The Hall–Kier alpha value is -1.08. The van der Waals surface area contributed by atoms with Crippen molar-refractivity contribution in [3.8, 4) is 5.75 Å². The molecule has 0 spiro atoms. The topological polar surface area (TPSA) is 55.4 Å². The van der Waals surface area contributed by atoms with E-state index in [1.807, 2.05) is 12.3 Å². The number of hydrogen-bond donors (Lipinski definition) is 1. The molecular formula is C14H13Cl2NO3S2. The number of ether oxygens (including phenoxy) is 1. The van der Waals surface area contributed by atoms with Gasteiger partial charge in [-0.25, -0.2) is 8.42 Å². The van der Waals surface area contributed by atoms with Crippen LogP contribution in [0.1, 0.15) is 0 Å². The van der Waals surface area contributed by atoms with E-state index >= 15 is 0 Å². The highest BCUT2D eigenvalue weighted by molar-refractivity contribution is 7.98. The number of sulfonamides is 1. The van der Waals surface area contributed by atoms with Crippen LogP contribution < -0.4 is 9.46 Å². The van der Waals surface area contributed by atoms with Gasteiger partial charge in [-0.05, 0) is 36.6 Å². The summed E-state index contributed by atoms with van der Waals surface area (Å²) in [6.45, 7) is 0. The van der Waals surface area contributed by atoms with Gasteiger partial charge in [0.15, 0.2) is 0 Å². The van der Waals surface area contributed by atoms with Crippen LogP contribution in [0.2, 0.25) is 10.0 Å². The van der Waals surface area contributed by atoms with E-state index in [9.17, 15) is 8.42 Å². The van der Waals surface area contributed by atoms with Gasteiger partial charge in [0, 0.05) is 10.6 Å². The first-order chi connectivity index (χ1) is 10.4. The van der Waals surface area contributed by atoms with E-state index in [1.165, 1.54) is 31.0 Å². The number of anilines is 1. The van der Waals surface area contributed by atoms with Gasteiger partial charge in [-0.15, -0.1) is 11.8 Å². The monoisotopic (exact) mass is 377 g/mol. The van der Waals surface area contributed by atoms with Crippen LogP contribution in [-0.2, 0) is 10.0 Å². The van der Waals surface area contributed by atoms with E-state index < -0.39 is 10.0 Å². The molecule has 0 aliphatic heterocycles. The fourth-order valence-corrected chi connectivity index (χ4v) is 4.13. The largest absolute Gasteiger partial charge is 0.495 e. The van der Waals surface area contributed by atoms with E-state index in [1.54, 1.807) is 18.2 Å². The molecule has 118 valence electrons. The lowest BCUT2D eigenvalue weighted by Gasteiger charge is -2.12. The molecule has 0 aromatic heterocycles. The van der Waals surface area contributed by atoms with Crippen molar-refractivity contribution >= 4 is 50.7 Å². The molecule has 0 unspecified atom stereocenters. The minimum Gasteiger partial charge on any atom is -0.495 e. The van der Waals surface area contributed by atoms with Crippen molar-refractivity contribution in [1.82, 2.24) is 0 Å². The number of methoxy groups -OCH3 is 1. The minimum absolute atomic E-state index is 0.0601. The second-order valence-corrected chi connectivity index (χ2v) is 7.52. The summed E-state index contributed by atoms with van der Waals surface area (Å²) in [5.74, 6) is 0.315. The summed E-state index contributed by atoms with van der Waals surface area (Å²) >= 11 is 13.6. The van der Waals surface area contributed by atoms with Gasteiger partial charge in [-0.1, -0.05) is 29.3 Å². The number of thioether (sulfide) groups is 1. The second-order valence-electron chi connectivity index (χ2n) is 4.23. The molecule has 0 aliphatic rings. The van der Waals surface area contributed by atoms with Crippen molar-refractivity contribution in [1.29, 1.82) is 0 Å². The Balaban J connectivity index is 2.40. The minimum atomic E-state index is -3.85. The molecule has 0 fully saturated rings. The van der Waals surface area contributed by atoms with Crippen LogP contribution in [0.5, 0.6) is 5.75 Å². The van der Waals surface area contributed by atoms with Crippen LogP contribution >= 0.6 is 35.0 Å². The van der Waals surface area contributed by atoms with E-state index in [0.717, 1.165) is 4.90 Å². The Bertz CT molecular complexity index is 795.